The van der Waals surface area contributed by atoms with E-state index < -0.39 is 5.92 Å². The molecular weight excluding hydrogens is 454 g/mol. The lowest BCUT2D eigenvalue weighted by molar-refractivity contribution is -0.139. The van der Waals surface area contributed by atoms with Gasteiger partial charge >= 0.3 is 0 Å². The number of carbonyl (C=O) groups excluding carboxylic acids is 3. The molecule has 36 heavy (non-hydrogen) atoms. The highest BCUT2D eigenvalue weighted by Gasteiger charge is 2.37. The summed E-state index contributed by atoms with van der Waals surface area (Å²) >= 11 is 0. The summed E-state index contributed by atoms with van der Waals surface area (Å²) in [4.78, 5) is 43.1. The van der Waals surface area contributed by atoms with Gasteiger partial charge in [0.15, 0.2) is 0 Å². The van der Waals surface area contributed by atoms with Crippen LogP contribution >= 0.6 is 0 Å². The minimum absolute atomic E-state index is 0.0152. The Kier molecular flexibility index (Phi) is 8.77. The van der Waals surface area contributed by atoms with Crippen LogP contribution in [0.2, 0.25) is 0 Å². The van der Waals surface area contributed by atoms with E-state index in [1.54, 1.807) is 28.2 Å². The van der Waals surface area contributed by atoms with Crippen LogP contribution in [-0.2, 0) is 32.9 Å². The van der Waals surface area contributed by atoms with E-state index in [-0.39, 0.29) is 42.5 Å². The zero-order chi connectivity index (χ0) is 26.5. The maximum absolute atomic E-state index is 13.6. The molecule has 0 aliphatic carbocycles. The van der Waals surface area contributed by atoms with E-state index in [0.29, 0.717) is 36.7 Å². The van der Waals surface area contributed by atoms with Crippen molar-refractivity contribution in [2.75, 3.05) is 13.1 Å². The average Bonchev–Trinajstić information content (AvgIpc) is 3.36. The van der Waals surface area contributed by atoms with Crippen LogP contribution in [-0.4, -0.2) is 40.6 Å². The van der Waals surface area contributed by atoms with Crippen LogP contribution in [0.1, 0.15) is 71.3 Å². The van der Waals surface area contributed by atoms with E-state index in [9.17, 15) is 14.4 Å². The number of allylic oxidation sites excluding steroid dienone is 1. The van der Waals surface area contributed by atoms with Crippen molar-refractivity contribution in [2.24, 2.45) is 5.92 Å². The first-order valence-corrected chi connectivity index (χ1v) is 12.7. The Morgan fingerprint density at radius 3 is 2.33 bits per heavy atom. The minimum atomic E-state index is -0.603. The molecule has 0 saturated carbocycles. The number of nitrogens with zero attached hydrogens (tertiary/aromatic N) is 2. The zero-order valence-electron chi connectivity index (χ0n) is 22.4. The molecule has 1 N–H and O–H groups in total. The van der Waals surface area contributed by atoms with Crippen LogP contribution in [0, 0.1) is 5.92 Å². The molecule has 1 aliphatic rings. The Balaban J connectivity index is 1.84. The summed E-state index contributed by atoms with van der Waals surface area (Å²) in [5.41, 5.74) is 3.50. The second-order valence-electron chi connectivity index (χ2n) is 10.4. The van der Waals surface area contributed by atoms with Gasteiger partial charge in [0.2, 0.25) is 11.8 Å². The number of benzene rings is 1. The highest BCUT2D eigenvalue weighted by atomic mass is 16.3. The Labute approximate surface area is 214 Å². The highest BCUT2D eigenvalue weighted by Crippen LogP contribution is 2.32. The maximum Gasteiger partial charge on any atom is 0.251 e. The largest absolute Gasteiger partial charge is 0.467 e. The summed E-state index contributed by atoms with van der Waals surface area (Å²) in [6.07, 6.45) is 1.83. The van der Waals surface area contributed by atoms with E-state index in [1.165, 1.54) is 5.56 Å². The second-order valence-corrected chi connectivity index (χ2v) is 10.4. The first-order valence-electron chi connectivity index (χ1n) is 12.7. The SMILES string of the molecule is CCN(CC)C(=O)C1=C(C)N(Cc2ccc(C(C)(C)C)cc2)C(=O)C(CC(=O)NCc2ccco2)C1. The van der Waals surface area contributed by atoms with E-state index in [2.05, 4.69) is 38.2 Å². The smallest absolute Gasteiger partial charge is 0.251 e. The average molecular weight is 494 g/mol. The fraction of sp³-hybridized carbons (Fsp3) is 0.483. The Hall–Kier alpha value is -3.35. The lowest BCUT2D eigenvalue weighted by Crippen LogP contribution is -2.44. The van der Waals surface area contributed by atoms with Crippen molar-refractivity contribution in [2.45, 2.75) is 72.9 Å². The Morgan fingerprint density at radius 2 is 1.78 bits per heavy atom. The van der Waals surface area contributed by atoms with Gasteiger partial charge in [-0.25, -0.2) is 0 Å². The van der Waals surface area contributed by atoms with Crippen LogP contribution in [0.25, 0.3) is 0 Å². The number of furan rings is 1. The van der Waals surface area contributed by atoms with E-state index in [4.69, 9.17) is 4.42 Å². The molecule has 7 nitrogen and oxygen atoms in total. The molecule has 0 saturated heterocycles. The van der Waals surface area contributed by atoms with Gasteiger partial charge in [-0.3, -0.25) is 14.4 Å². The maximum atomic E-state index is 13.6. The summed E-state index contributed by atoms with van der Waals surface area (Å²) in [7, 11) is 0. The second kappa shape index (κ2) is 11.6. The minimum Gasteiger partial charge on any atom is -0.467 e. The number of hydrogen-bond acceptors (Lipinski definition) is 4. The predicted octanol–water partition coefficient (Wildman–Crippen LogP) is 4.77. The van der Waals surface area contributed by atoms with Crippen LogP contribution in [0.4, 0.5) is 0 Å². The standard InChI is InChI=1S/C29H39N3O4/c1-7-31(8-2)28(35)25-16-22(17-26(33)30-18-24-10-9-15-36-24)27(34)32(20(25)3)19-21-11-13-23(14-12-21)29(4,5)6/h9-15,22H,7-8,16-19H2,1-6H3,(H,30,33). The Bertz CT molecular complexity index is 1090. The Morgan fingerprint density at radius 1 is 1.11 bits per heavy atom. The highest BCUT2D eigenvalue weighted by molar-refractivity contribution is 5.98. The molecule has 0 bridgehead atoms. The third kappa shape index (κ3) is 6.45. The van der Waals surface area contributed by atoms with Gasteiger partial charge in [-0.1, -0.05) is 45.0 Å². The molecule has 7 heteroatoms. The molecule has 1 unspecified atom stereocenters. The molecule has 1 aliphatic heterocycles. The first kappa shape index (κ1) is 27.2. The lowest BCUT2D eigenvalue weighted by atomic mass is 9.86. The molecule has 194 valence electrons. The third-order valence-corrected chi connectivity index (χ3v) is 6.85. The molecule has 0 radical (unpaired) electrons. The number of likely N-dealkylation sites (N-methyl/N-ethyl adjacent to an activating group) is 1. The van der Waals surface area contributed by atoms with Crippen molar-refractivity contribution in [3.05, 3.63) is 70.8 Å². The number of carbonyl (C=O) groups is 3. The predicted molar refractivity (Wildman–Crippen MR) is 140 cm³/mol. The quantitative estimate of drug-likeness (QED) is 0.545. The van der Waals surface area contributed by atoms with E-state index in [0.717, 1.165) is 5.56 Å². The molecule has 2 aromatic rings. The topological polar surface area (TPSA) is 82.9 Å². The molecule has 1 aromatic heterocycles. The summed E-state index contributed by atoms with van der Waals surface area (Å²) < 4.78 is 5.27. The van der Waals surface area contributed by atoms with E-state index in [1.807, 2.05) is 32.9 Å². The fourth-order valence-corrected chi connectivity index (χ4v) is 4.52. The lowest BCUT2D eigenvalue weighted by Gasteiger charge is -2.36. The van der Waals surface area contributed by atoms with Gasteiger partial charge in [0.25, 0.3) is 5.91 Å². The number of nitrogens with one attached hydrogen (secondary N) is 1. The van der Waals surface area contributed by atoms with Crippen LogP contribution in [0.5, 0.6) is 0 Å². The van der Waals surface area contributed by atoms with E-state index >= 15 is 0 Å². The number of hydrogen-bond donors (Lipinski definition) is 1. The van der Waals surface area contributed by atoms with Gasteiger partial charge in [-0.05, 0) is 55.9 Å². The molecular formula is C29H39N3O4. The van der Waals surface area contributed by atoms with Crippen molar-refractivity contribution in [1.29, 1.82) is 0 Å². The van der Waals surface area contributed by atoms with Crippen LogP contribution < -0.4 is 5.32 Å². The zero-order valence-corrected chi connectivity index (χ0v) is 22.4. The monoisotopic (exact) mass is 493 g/mol. The summed E-state index contributed by atoms with van der Waals surface area (Å²) in [5.74, 6) is -0.399. The third-order valence-electron chi connectivity index (χ3n) is 6.85. The molecule has 1 atom stereocenters. The molecule has 0 spiro atoms. The molecule has 2 heterocycles. The van der Waals surface area contributed by atoms with Crippen molar-refractivity contribution in [3.8, 4) is 0 Å². The molecule has 3 rings (SSSR count). The van der Waals surface area contributed by atoms with Gasteiger partial charge in [0.1, 0.15) is 5.76 Å². The van der Waals surface area contributed by atoms with Gasteiger partial charge in [-0.15, -0.1) is 0 Å². The first-order chi connectivity index (χ1) is 17.0. The van der Waals surface area contributed by atoms with Gasteiger partial charge in [-0.2, -0.15) is 0 Å². The van der Waals surface area contributed by atoms with Crippen molar-refractivity contribution < 1.29 is 18.8 Å². The van der Waals surface area contributed by atoms with Gasteiger partial charge in [0, 0.05) is 30.8 Å². The van der Waals surface area contributed by atoms with Crippen molar-refractivity contribution in [3.63, 3.8) is 0 Å². The molecule has 0 fully saturated rings. The molecule has 1 aromatic carbocycles. The normalized spacial score (nSPS) is 16.3. The van der Waals surface area contributed by atoms with Gasteiger partial charge < -0.3 is 19.5 Å². The number of amides is 3. The van der Waals surface area contributed by atoms with Crippen LogP contribution in [0.3, 0.4) is 0 Å². The summed E-state index contributed by atoms with van der Waals surface area (Å²) in [5, 5.41) is 2.82. The summed E-state index contributed by atoms with van der Waals surface area (Å²) in [6.45, 7) is 14.0. The van der Waals surface area contributed by atoms with Crippen molar-refractivity contribution >= 4 is 17.7 Å². The fourth-order valence-electron chi connectivity index (χ4n) is 4.52. The van der Waals surface area contributed by atoms with Gasteiger partial charge in [0.05, 0.1) is 25.3 Å². The number of rotatable bonds is 9. The summed E-state index contributed by atoms with van der Waals surface area (Å²) in [6, 6.07) is 11.8. The molecule has 3 amide bonds. The van der Waals surface area contributed by atoms with Crippen LogP contribution in [0.15, 0.2) is 58.3 Å². The van der Waals surface area contributed by atoms with Crippen molar-refractivity contribution in [1.82, 2.24) is 15.1 Å².